The Morgan fingerprint density at radius 1 is 1.35 bits per heavy atom. The minimum atomic E-state index is -0.0929. The molecule has 1 rings (SSSR count). The summed E-state index contributed by atoms with van der Waals surface area (Å²) in [7, 11) is 3.16. The van der Waals surface area contributed by atoms with E-state index in [-0.39, 0.29) is 12.5 Å². The van der Waals surface area contributed by atoms with Gasteiger partial charge in [-0.2, -0.15) is 0 Å². The summed E-state index contributed by atoms with van der Waals surface area (Å²) in [5.41, 5.74) is 6.87. The van der Waals surface area contributed by atoms with E-state index in [1.54, 1.807) is 7.11 Å². The Balaban J connectivity index is 2.57. The predicted octanol–water partition coefficient (Wildman–Crippen LogP) is 1.28. The first-order valence-corrected chi connectivity index (χ1v) is 6.81. The molecule has 0 radical (unpaired) electrons. The predicted molar refractivity (Wildman–Crippen MR) is 78.9 cm³/mol. The first-order valence-electron chi connectivity index (χ1n) is 6.81. The van der Waals surface area contributed by atoms with Crippen LogP contribution < -0.4 is 15.8 Å². The van der Waals surface area contributed by atoms with Crippen LogP contribution in [0.15, 0.2) is 24.3 Å². The maximum Gasteiger partial charge on any atom is 0.245 e. The fraction of sp³-hybridized carbons (Fsp3) is 0.533. The zero-order valence-corrected chi connectivity index (χ0v) is 12.2. The fourth-order valence-corrected chi connectivity index (χ4v) is 2.14. The van der Waals surface area contributed by atoms with Crippen molar-refractivity contribution in [2.75, 3.05) is 33.9 Å². The molecule has 0 spiro atoms. The van der Waals surface area contributed by atoms with Gasteiger partial charge in [-0.3, -0.25) is 4.79 Å². The van der Waals surface area contributed by atoms with Crippen molar-refractivity contribution in [2.24, 2.45) is 5.73 Å². The first kappa shape index (κ1) is 16.5. The molecular formula is C15H24N2O3. The Morgan fingerprint density at radius 2 is 2.15 bits per heavy atom. The van der Waals surface area contributed by atoms with Gasteiger partial charge in [-0.25, -0.2) is 0 Å². The molecule has 0 heterocycles. The van der Waals surface area contributed by atoms with Gasteiger partial charge in [0.2, 0.25) is 5.91 Å². The van der Waals surface area contributed by atoms with Crippen LogP contribution in [0.1, 0.15) is 24.3 Å². The number of carbonyl (C=O) groups is 1. The zero-order valence-electron chi connectivity index (χ0n) is 12.2. The topological polar surface area (TPSA) is 73.6 Å². The van der Waals surface area contributed by atoms with Gasteiger partial charge in [0.25, 0.3) is 0 Å². The molecule has 0 saturated heterocycles. The van der Waals surface area contributed by atoms with Gasteiger partial charge in [-0.1, -0.05) is 12.1 Å². The Labute approximate surface area is 120 Å². The molecule has 5 nitrogen and oxygen atoms in total. The van der Waals surface area contributed by atoms with Crippen LogP contribution in [0.4, 0.5) is 0 Å². The quantitative estimate of drug-likeness (QED) is 0.714. The fourth-order valence-electron chi connectivity index (χ4n) is 2.14. The number of nitrogens with one attached hydrogen (secondary N) is 1. The summed E-state index contributed by atoms with van der Waals surface area (Å²) in [6.07, 6.45) is 1.73. The first-order chi connectivity index (χ1) is 9.71. The smallest absolute Gasteiger partial charge is 0.245 e. The zero-order chi connectivity index (χ0) is 14.8. The van der Waals surface area contributed by atoms with Crippen molar-refractivity contribution < 1.29 is 14.3 Å². The van der Waals surface area contributed by atoms with Crippen LogP contribution in [0, 0.1) is 0 Å². The van der Waals surface area contributed by atoms with Crippen LogP contribution in [-0.4, -0.2) is 39.8 Å². The number of benzene rings is 1. The van der Waals surface area contributed by atoms with Gasteiger partial charge in [0.1, 0.15) is 12.4 Å². The van der Waals surface area contributed by atoms with Gasteiger partial charge >= 0.3 is 0 Å². The molecule has 20 heavy (non-hydrogen) atoms. The summed E-state index contributed by atoms with van der Waals surface area (Å²) in [6, 6.07) is 7.99. The van der Waals surface area contributed by atoms with Crippen molar-refractivity contribution in [3.8, 4) is 5.75 Å². The molecule has 0 saturated carbocycles. The normalized spacial score (nSPS) is 11.9. The number of methoxy groups -OCH3 is 2. The maximum atomic E-state index is 11.3. The molecule has 0 aliphatic rings. The van der Waals surface area contributed by atoms with Crippen molar-refractivity contribution in [3.05, 3.63) is 29.8 Å². The summed E-state index contributed by atoms with van der Waals surface area (Å²) in [5.74, 6) is 1.07. The summed E-state index contributed by atoms with van der Waals surface area (Å²) >= 11 is 0. The van der Waals surface area contributed by atoms with E-state index < -0.39 is 0 Å². The third-order valence-corrected chi connectivity index (χ3v) is 3.17. The summed E-state index contributed by atoms with van der Waals surface area (Å²) in [4.78, 5) is 11.3. The second kappa shape index (κ2) is 9.34. The van der Waals surface area contributed by atoms with Crippen molar-refractivity contribution in [3.63, 3.8) is 0 Å². The summed E-state index contributed by atoms with van der Waals surface area (Å²) < 4.78 is 10.0. The number of rotatable bonds is 9. The van der Waals surface area contributed by atoms with Crippen molar-refractivity contribution >= 4 is 5.91 Å². The van der Waals surface area contributed by atoms with E-state index in [4.69, 9.17) is 15.2 Å². The molecular weight excluding hydrogens is 256 g/mol. The van der Waals surface area contributed by atoms with Gasteiger partial charge in [-0.15, -0.1) is 0 Å². The molecule has 112 valence electrons. The van der Waals surface area contributed by atoms with E-state index in [1.165, 1.54) is 12.7 Å². The van der Waals surface area contributed by atoms with Crippen molar-refractivity contribution in [1.29, 1.82) is 0 Å². The van der Waals surface area contributed by atoms with Gasteiger partial charge < -0.3 is 20.5 Å². The highest BCUT2D eigenvalue weighted by Gasteiger charge is 2.12. The molecule has 1 aromatic rings. The molecule has 0 fully saturated rings. The van der Waals surface area contributed by atoms with Crippen LogP contribution in [0.3, 0.4) is 0 Å². The van der Waals surface area contributed by atoms with Gasteiger partial charge in [-0.05, 0) is 43.0 Å². The monoisotopic (exact) mass is 280 g/mol. The van der Waals surface area contributed by atoms with Gasteiger partial charge in [0, 0.05) is 13.7 Å². The van der Waals surface area contributed by atoms with Crippen LogP contribution in [0.5, 0.6) is 5.75 Å². The SMILES string of the molecule is COCC(=O)NCC[C@H](CCN)c1cccc(OC)c1. The lowest BCUT2D eigenvalue weighted by molar-refractivity contribution is -0.124. The van der Waals surface area contributed by atoms with E-state index in [1.807, 2.05) is 18.2 Å². The Morgan fingerprint density at radius 3 is 2.80 bits per heavy atom. The molecule has 0 aliphatic carbocycles. The van der Waals surface area contributed by atoms with Crippen LogP contribution in [-0.2, 0) is 9.53 Å². The van der Waals surface area contributed by atoms with Crippen molar-refractivity contribution in [1.82, 2.24) is 5.32 Å². The summed E-state index contributed by atoms with van der Waals surface area (Å²) in [6.45, 7) is 1.33. The third kappa shape index (κ3) is 5.59. The largest absolute Gasteiger partial charge is 0.497 e. The van der Waals surface area contributed by atoms with Crippen LogP contribution >= 0.6 is 0 Å². The molecule has 0 aliphatic heterocycles. The third-order valence-electron chi connectivity index (χ3n) is 3.17. The van der Waals surface area contributed by atoms with E-state index >= 15 is 0 Å². The van der Waals surface area contributed by atoms with E-state index in [2.05, 4.69) is 11.4 Å². The lowest BCUT2D eigenvalue weighted by Gasteiger charge is -2.17. The highest BCUT2D eigenvalue weighted by Crippen LogP contribution is 2.25. The molecule has 1 amide bonds. The van der Waals surface area contributed by atoms with E-state index in [0.29, 0.717) is 19.0 Å². The highest BCUT2D eigenvalue weighted by molar-refractivity contribution is 5.77. The number of ether oxygens (including phenoxy) is 2. The Hall–Kier alpha value is -1.59. The Bertz CT molecular complexity index is 410. The van der Waals surface area contributed by atoms with Crippen LogP contribution in [0.2, 0.25) is 0 Å². The van der Waals surface area contributed by atoms with E-state index in [0.717, 1.165) is 18.6 Å². The number of nitrogens with two attached hydrogens (primary N) is 1. The second-order valence-corrected chi connectivity index (χ2v) is 4.62. The average Bonchev–Trinajstić information content (AvgIpc) is 2.46. The average molecular weight is 280 g/mol. The number of hydrogen-bond acceptors (Lipinski definition) is 4. The second-order valence-electron chi connectivity index (χ2n) is 4.62. The maximum absolute atomic E-state index is 11.3. The summed E-state index contributed by atoms with van der Waals surface area (Å²) in [5, 5.41) is 2.83. The minimum Gasteiger partial charge on any atom is -0.497 e. The van der Waals surface area contributed by atoms with Gasteiger partial charge in [0.05, 0.1) is 7.11 Å². The molecule has 1 aromatic carbocycles. The van der Waals surface area contributed by atoms with Crippen molar-refractivity contribution in [2.45, 2.75) is 18.8 Å². The molecule has 3 N–H and O–H groups in total. The molecule has 5 heteroatoms. The minimum absolute atomic E-state index is 0.0929. The molecule has 0 aromatic heterocycles. The molecule has 1 atom stereocenters. The molecule has 0 unspecified atom stereocenters. The standard InChI is InChI=1S/C15H24N2O3/c1-19-11-15(18)17-9-7-12(6-8-16)13-4-3-5-14(10-13)20-2/h3-5,10,12H,6-9,11,16H2,1-2H3,(H,17,18)/t12-/m0/s1. The number of carbonyl (C=O) groups excluding carboxylic acids is 1. The highest BCUT2D eigenvalue weighted by atomic mass is 16.5. The Kier molecular flexibility index (Phi) is 7.69. The molecule has 0 bridgehead atoms. The lowest BCUT2D eigenvalue weighted by Crippen LogP contribution is -2.29. The number of amides is 1. The number of hydrogen-bond donors (Lipinski definition) is 2. The van der Waals surface area contributed by atoms with E-state index in [9.17, 15) is 4.79 Å². The van der Waals surface area contributed by atoms with Gasteiger partial charge in [0.15, 0.2) is 0 Å². The van der Waals surface area contributed by atoms with Crippen LogP contribution in [0.25, 0.3) is 0 Å². The lowest BCUT2D eigenvalue weighted by atomic mass is 9.92.